The van der Waals surface area contributed by atoms with Crippen molar-refractivity contribution in [2.45, 2.75) is 26.7 Å². The molecule has 2 heterocycles. The molecule has 0 unspecified atom stereocenters. The first-order chi connectivity index (χ1) is 9.40. The molecule has 0 saturated carbocycles. The zero-order valence-corrected chi connectivity index (χ0v) is 11.3. The fourth-order valence-corrected chi connectivity index (χ4v) is 1.71. The van der Waals surface area contributed by atoms with Crippen LogP contribution in [0.2, 0.25) is 0 Å². The van der Waals surface area contributed by atoms with Crippen LogP contribution in [-0.2, 0) is 0 Å². The van der Waals surface area contributed by atoms with Crippen molar-refractivity contribution in [1.29, 1.82) is 0 Å². The summed E-state index contributed by atoms with van der Waals surface area (Å²) in [6, 6.07) is 0. The van der Waals surface area contributed by atoms with E-state index < -0.39 is 11.9 Å². The van der Waals surface area contributed by atoms with Gasteiger partial charge in [0, 0.05) is 17.8 Å². The molecule has 8 heteroatoms. The van der Waals surface area contributed by atoms with Gasteiger partial charge in [0.25, 0.3) is 5.91 Å². The van der Waals surface area contributed by atoms with Crippen molar-refractivity contribution in [3.63, 3.8) is 0 Å². The van der Waals surface area contributed by atoms with Crippen molar-refractivity contribution >= 4 is 17.6 Å². The fourth-order valence-electron chi connectivity index (χ4n) is 1.71. The van der Waals surface area contributed by atoms with Gasteiger partial charge in [0.15, 0.2) is 0 Å². The number of carbonyl (C=O) groups excluding carboxylic acids is 1. The normalized spacial score (nSPS) is 10.8. The number of aromatic amines is 2. The van der Waals surface area contributed by atoms with Crippen molar-refractivity contribution in [3.8, 4) is 0 Å². The predicted octanol–water partition coefficient (Wildman–Crippen LogP) is 1.52. The summed E-state index contributed by atoms with van der Waals surface area (Å²) in [6.07, 6.45) is 1.42. The molecule has 0 aliphatic heterocycles. The Labute approximate surface area is 114 Å². The van der Waals surface area contributed by atoms with Crippen molar-refractivity contribution in [2.75, 3.05) is 5.32 Å². The SMILES string of the molecule is Cc1[nH]cc(NC(=O)c2n[nH]c(C(C)C)n2)c1C(=O)O. The van der Waals surface area contributed by atoms with Crippen LogP contribution in [0.25, 0.3) is 0 Å². The van der Waals surface area contributed by atoms with Crippen LogP contribution in [0.15, 0.2) is 6.20 Å². The number of aromatic carboxylic acids is 1. The number of H-pyrrole nitrogens is 2. The van der Waals surface area contributed by atoms with Gasteiger partial charge in [-0.2, -0.15) is 0 Å². The van der Waals surface area contributed by atoms with E-state index >= 15 is 0 Å². The van der Waals surface area contributed by atoms with E-state index in [2.05, 4.69) is 25.5 Å². The predicted molar refractivity (Wildman–Crippen MR) is 70.9 cm³/mol. The van der Waals surface area contributed by atoms with Crippen molar-refractivity contribution in [2.24, 2.45) is 0 Å². The van der Waals surface area contributed by atoms with Crippen LogP contribution in [0.5, 0.6) is 0 Å². The zero-order chi connectivity index (χ0) is 14.9. The monoisotopic (exact) mass is 277 g/mol. The molecule has 2 aromatic heterocycles. The third-order valence-corrected chi connectivity index (χ3v) is 2.79. The number of amides is 1. The third kappa shape index (κ3) is 2.53. The van der Waals surface area contributed by atoms with E-state index in [1.807, 2.05) is 13.8 Å². The minimum Gasteiger partial charge on any atom is -0.478 e. The summed E-state index contributed by atoms with van der Waals surface area (Å²) in [4.78, 5) is 29.9. The number of anilines is 1. The third-order valence-electron chi connectivity index (χ3n) is 2.79. The van der Waals surface area contributed by atoms with Crippen LogP contribution in [0.3, 0.4) is 0 Å². The summed E-state index contributed by atoms with van der Waals surface area (Å²) in [7, 11) is 0. The van der Waals surface area contributed by atoms with E-state index in [1.54, 1.807) is 6.92 Å². The van der Waals surface area contributed by atoms with E-state index in [0.717, 1.165) is 0 Å². The van der Waals surface area contributed by atoms with Crippen molar-refractivity contribution in [3.05, 3.63) is 29.1 Å². The standard InChI is InChI=1S/C12H15N5O3/c1-5(2)9-15-10(17-16-9)11(18)14-7-4-13-6(3)8(7)12(19)20/h4-5,13H,1-3H3,(H,14,18)(H,19,20)(H,15,16,17). The van der Waals surface area contributed by atoms with Gasteiger partial charge in [-0.05, 0) is 6.92 Å². The Bertz CT molecular complexity index is 656. The summed E-state index contributed by atoms with van der Waals surface area (Å²) < 4.78 is 0. The van der Waals surface area contributed by atoms with Gasteiger partial charge in [-0.1, -0.05) is 13.8 Å². The summed E-state index contributed by atoms with van der Waals surface area (Å²) in [5.74, 6) is -0.984. The molecule has 0 radical (unpaired) electrons. The van der Waals surface area contributed by atoms with Crippen molar-refractivity contribution < 1.29 is 14.7 Å². The van der Waals surface area contributed by atoms with E-state index in [-0.39, 0.29) is 23.0 Å². The highest BCUT2D eigenvalue weighted by Crippen LogP contribution is 2.19. The van der Waals surface area contributed by atoms with Crippen LogP contribution < -0.4 is 5.32 Å². The number of aromatic nitrogens is 4. The highest BCUT2D eigenvalue weighted by molar-refractivity contribution is 6.06. The average molecular weight is 277 g/mol. The highest BCUT2D eigenvalue weighted by atomic mass is 16.4. The van der Waals surface area contributed by atoms with Gasteiger partial charge in [0.2, 0.25) is 5.82 Å². The van der Waals surface area contributed by atoms with Gasteiger partial charge in [-0.3, -0.25) is 9.89 Å². The number of carbonyl (C=O) groups is 2. The van der Waals surface area contributed by atoms with E-state index in [1.165, 1.54) is 6.20 Å². The number of carboxylic acids is 1. The van der Waals surface area contributed by atoms with Crippen LogP contribution >= 0.6 is 0 Å². The summed E-state index contributed by atoms with van der Waals surface area (Å²) in [6.45, 7) is 5.45. The lowest BCUT2D eigenvalue weighted by Gasteiger charge is -2.01. The molecule has 0 aliphatic carbocycles. The zero-order valence-electron chi connectivity index (χ0n) is 11.3. The molecule has 0 saturated heterocycles. The second-order valence-corrected chi connectivity index (χ2v) is 4.66. The lowest BCUT2D eigenvalue weighted by atomic mass is 10.2. The number of hydrogen-bond acceptors (Lipinski definition) is 4. The maximum absolute atomic E-state index is 12.0. The van der Waals surface area contributed by atoms with Crippen LogP contribution in [-0.4, -0.2) is 37.1 Å². The Morgan fingerprint density at radius 1 is 1.40 bits per heavy atom. The number of nitrogens with one attached hydrogen (secondary N) is 3. The maximum atomic E-state index is 12.0. The molecule has 0 bridgehead atoms. The van der Waals surface area contributed by atoms with Gasteiger partial charge in [-0.15, -0.1) is 5.10 Å². The minimum absolute atomic E-state index is 0.0242. The molecule has 8 nitrogen and oxygen atoms in total. The second-order valence-electron chi connectivity index (χ2n) is 4.66. The van der Waals surface area contributed by atoms with Gasteiger partial charge in [0.1, 0.15) is 11.4 Å². The minimum atomic E-state index is -1.11. The molecule has 20 heavy (non-hydrogen) atoms. The maximum Gasteiger partial charge on any atom is 0.339 e. The molecular formula is C12H15N5O3. The smallest absolute Gasteiger partial charge is 0.339 e. The molecule has 0 spiro atoms. The Morgan fingerprint density at radius 3 is 2.65 bits per heavy atom. The molecule has 0 aromatic carbocycles. The molecule has 2 rings (SSSR count). The Hall–Kier alpha value is -2.64. The molecule has 2 aromatic rings. The van der Waals surface area contributed by atoms with E-state index in [0.29, 0.717) is 11.5 Å². The number of nitrogens with zero attached hydrogens (tertiary/aromatic N) is 2. The number of hydrogen-bond donors (Lipinski definition) is 4. The van der Waals surface area contributed by atoms with Crippen LogP contribution in [0.4, 0.5) is 5.69 Å². The fraction of sp³-hybridized carbons (Fsp3) is 0.333. The number of rotatable bonds is 4. The largest absolute Gasteiger partial charge is 0.478 e. The molecule has 1 amide bonds. The first-order valence-corrected chi connectivity index (χ1v) is 6.05. The van der Waals surface area contributed by atoms with E-state index in [4.69, 9.17) is 5.11 Å². The number of aryl methyl sites for hydroxylation is 1. The van der Waals surface area contributed by atoms with Crippen molar-refractivity contribution in [1.82, 2.24) is 20.2 Å². The Morgan fingerprint density at radius 2 is 2.10 bits per heavy atom. The molecule has 4 N–H and O–H groups in total. The lowest BCUT2D eigenvalue weighted by Crippen LogP contribution is -2.15. The summed E-state index contributed by atoms with van der Waals surface area (Å²) in [5.41, 5.74) is 0.680. The van der Waals surface area contributed by atoms with Gasteiger partial charge in [-0.25, -0.2) is 9.78 Å². The van der Waals surface area contributed by atoms with Gasteiger partial charge >= 0.3 is 5.97 Å². The van der Waals surface area contributed by atoms with Gasteiger partial charge in [0.05, 0.1) is 5.69 Å². The Balaban J connectivity index is 2.21. The molecule has 0 fully saturated rings. The highest BCUT2D eigenvalue weighted by Gasteiger charge is 2.20. The number of carboxylic acid groups (broad SMARTS) is 1. The topological polar surface area (TPSA) is 124 Å². The Kier molecular flexibility index (Phi) is 3.55. The second kappa shape index (κ2) is 5.16. The van der Waals surface area contributed by atoms with Gasteiger partial charge < -0.3 is 15.4 Å². The lowest BCUT2D eigenvalue weighted by molar-refractivity contribution is 0.0697. The molecule has 0 atom stereocenters. The first-order valence-electron chi connectivity index (χ1n) is 6.05. The molecule has 0 aliphatic rings. The molecule has 106 valence electrons. The summed E-state index contributed by atoms with van der Waals surface area (Å²) >= 11 is 0. The van der Waals surface area contributed by atoms with E-state index in [9.17, 15) is 9.59 Å². The average Bonchev–Trinajstić information content (AvgIpc) is 2.96. The van der Waals surface area contributed by atoms with Crippen LogP contribution in [0, 0.1) is 6.92 Å². The first kappa shape index (κ1) is 13.8. The quantitative estimate of drug-likeness (QED) is 0.674. The molecular weight excluding hydrogens is 262 g/mol. The van der Waals surface area contributed by atoms with Crippen LogP contribution in [0.1, 0.15) is 52.3 Å². The summed E-state index contributed by atoms with van der Waals surface area (Å²) in [5, 5.41) is 18.0.